The third-order valence-corrected chi connectivity index (χ3v) is 4.12. The minimum atomic E-state index is 0.869. The normalized spacial score (nSPS) is 22.7. The van der Waals surface area contributed by atoms with E-state index in [0.29, 0.717) is 0 Å². The summed E-state index contributed by atoms with van der Waals surface area (Å²) in [5.41, 5.74) is 0. The van der Waals surface area contributed by atoms with E-state index in [-0.39, 0.29) is 0 Å². The molecule has 0 aromatic rings. The Morgan fingerprint density at radius 2 is 1.17 bits per heavy atom. The molecule has 0 aromatic heterocycles. The van der Waals surface area contributed by atoms with E-state index in [1.54, 1.807) is 32.8 Å². The first-order valence-electron chi connectivity index (χ1n) is 7.60. The molecule has 2 saturated carbocycles. The van der Waals surface area contributed by atoms with E-state index in [0.717, 1.165) is 28.7 Å². The van der Waals surface area contributed by atoms with Gasteiger partial charge < -0.3 is 4.43 Å². The summed E-state index contributed by atoms with van der Waals surface area (Å²) >= 11 is 0. The van der Waals surface area contributed by atoms with Crippen LogP contribution in [0.15, 0.2) is 24.3 Å². The molecule has 0 aromatic carbocycles. The molecule has 0 bridgehead atoms. The Morgan fingerprint density at radius 1 is 0.833 bits per heavy atom. The molecule has 3 rings (SSSR count). The molecule has 18 heavy (non-hydrogen) atoms. The average Bonchev–Trinajstić information content (AvgIpc) is 3.16. The first-order valence-corrected chi connectivity index (χ1v) is 8.42. The molecule has 0 radical (unpaired) electrons. The van der Waals surface area contributed by atoms with Crippen molar-refractivity contribution in [2.24, 2.45) is 11.8 Å². The second-order valence-electron chi connectivity index (χ2n) is 5.59. The van der Waals surface area contributed by atoms with Crippen LogP contribution >= 0.6 is 0 Å². The molecule has 0 spiro atoms. The maximum absolute atomic E-state index is 4.39. The zero-order valence-electron chi connectivity index (χ0n) is 12.2. The second kappa shape index (κ2) is 10.6. The lowest BCUT2D eigenvalue weighted by atomic mass is 9.90. The second-order valence-corrected chi connectivity index (χ2v) is 6.41. The summed E-state index contributed by atoms with van der Waals surface area (Å²) in [6.07, 6.45) is 21.9. The Kier molecular flexibility index (Phi) is 9.23. The van der Waals surface area contributed by atoms with Crippen molar-refractivity contribution in [2.75, 3.05) is 7.11 Å². The van der Waals surface area contributed by atoms with Crippen LogP contribution in [0.5, 0.6) is 0 Å². The maximum Gasteiger partial charge on any atom is 0.145 e. The van der Waals surface area contributed by atoms with Gasteiger partial charge in [0, 0.05) is 7.11 Å². The Morgan fingerprint density at radius 3 is 1.39 bits per heavy atom. The predicted octanol–water partition coefficient (Wildman–Crippen LogP) is 3.78. The highest BCUT2D eigenvalue weighted by molar-refractivity contribution is 5.97. The SMILES string of the molecule is C1=CCC=C1.C1CCC(C2CCCC2)C1.CO[SiH3]. The van der Waals surface area contributed by atoms with E-state index in [1.807, 2.05) is 0 Å². The molecule has 1 nitrogen and oxygen atoms in total. The molecule has 0 amide bonds. The van der Waals surface area contributed by atoms with Crippen molar-refractivity contribution in [1.82, 2.24) is 0 Å². The van der Waals surface area contributed by atoms with Gasteiger partial charge >= 0.3 is 0 Å². The highest BCUT2D eigenvalue weighted by Gasteiger charge is 2.26. The summed E-state index contributed by atoms with van der Waals surface area (Å²) in [6, 6.07) is 0. The van der Waals surface area contributed by atoms with Gasteiger partial charge in [-0.1, -0.05) is 75.7 Å². The average molecular weight is 267 g/mol. The van der Waals surface area contributed by atoms with Crippen molar-refractivity contribution in [3.63, 3.8) is 0 Å². The van der Waals surface area contributed by atoms with Crippen LogP contribution in [0.4, 0.5) is 0 Å². The lowest BCUT2D eigenvalue weighted by Gasteiger charge is -2.16. The summed E-state index contributed by atoms with van der Waals surface area (Å²) in [5, 5.41) is 0. The maximum atomic E-state index is 4.39. The van der Waals surface area contributed by atoms with E-state index in [1.165, 1.54) is 25.7 Å². The smallest absolute Gasteiger partial charge is 0.145 e. The van der Waals surface area contributed by atoms with Crippen molar-refractivity contribution in [3.05, 3.63) is 24.3 Å². The molecule has 104 valence electrons. The summed E-state index contributed by atoms with van der Waals surface area (Å²) in [6.45, 7) is 0. The zero-order valence-corrected chi connectivity index (χ0v) is 14.2. The molecule has 0 atom stereocenters. The quantitative estimate of drug-likeness (QED) is 0.656. The van der Waals surface area contributed by atoms with E-state index in [2.05, 4.69) is 28.7 Å². The number of hydrogen-bond acceptors (Lipinski definition) is 1. The first kappa shape index (κ1) is 15.7. The van der Waals surface area contributed by atoms with Gasteiger partial charge in [0.15, 0.2) is 0 Å². The fourth-order valence-electron chi connectivity index (χ4n) is 3.25. The van der Waals surface area contributed by atoms with Gasteiger partial charge in [0.2, 0.25) is 0 Å². The summed E-state index contributed by atoms with van der Waals surface area (Å²) in [5.74, 6) is 2.31. The fourth-order valence-corrected chi connectivity index (χ4v) is 3.25. The Labute approximate surface area is 116 Å². The highest BCUT2D eigenvalue weighted by Crippen LogP contribution is 2.39. The minimum Gasteiger partial charge on any atom is -0.431 e. The number of allylic oxidation sites excluding steroid dienone is 4. The summed E-state index contributed by atoms with van der Waals surface area (Å²) in [4.78, 5) is 0. The molecule has 0 aliphatic heterocycles. The van der Waals surface area contributed by atoms with E-state index in [9.17, 15) is 0 Å². The van der Waals surface area contributed by atoms with E-state index < -0.39 is 0 Å². The predicted molar refractivity (Wildman–Crippen MR) is 83.8 cm³/mol. The monoisotopic (exact) mass is 266 g/mol. The fraction of sp³-hybridized carbons (Fsp3) is 0.750. The standard InChI is InChI=1S/C10H18.C5H6.CH6OSi/c1-2-6-9(5-1)10-7-3-4-8-10;1-2-4-5-3-1;1-2-3/h9-10H,1-8H2;1-4H,5H2;1,3H3. The molecule has 3 aliphatic rings. The van der Waals surface area contributed by atoms with Gasteiger partial charge in [0.1, 0.15) is 10.5 Å². The largest absolute Gasteiger partial charge is 0.431 e. The zero-order chi connectivity index (χ0) is 13.1. The van der Waals surface area contributed by atoms with Gasteiger partial charge in [-0.3, -0.25) is 0 Å². The summed E-state index contributed by atoms with van der Waals surface area (Å²) in [7, 11) is 2.56. The number of rotatable bonds is 1. The van der Waals surface area contributed by atoms with Crippen LogP contribution in [-0.2, 0) is 4.43 Å². The number of hydrogen-bond donors (Lipinski definition) is 0. The van der Waals surface area contributed by atoms with Crippen LogP contribution in [0.3, 0.4) is 0 Å². The lowest BCUT2D eigenvalue weighted by Crippen LogP contribution is -2.06. The van der Waals surface area contributed by atoms with Crippen molar-refractivity contribution >= 4 is 10.5 Å². The minimum absolute atomic E-state index is 0.869. The van der Waals surface area contributed by atoms with E-state index >= 15 is 0 Å². The Bertz CT molecular complexity index is 211. The van der Waals surface area contributed by atoms with Gasteiger partial charge in [0.25, 0.3) is 0 Å². The first-order chi connectivity index (χ1) is 8.88. The topological polar surface area (TPSA) is 9.23 Å². The van der Waals surface area contributed by atoms with Crippen molar-refractivity contribution in [1.29, 1.82) is 0 Å². The van der Waals surface area contributed by atoms with Gasteiger partial charge in [0.05, 0.1) is 0 Å². The van der Waals surface area contributed by atoms with Crippen LogP contribution in [-0.4, -0.2) is 17.6 Å². The van der Waals surface area contributed by atoms with Crippen LogP contribution in [0, 0.1) is 11.8 Å². The Hall–Kier alpha value is -0.343. The molecule has 0 unspecified atom stereocenters. The van der Waals surface area contributed by atoms with E-state index in [4.69, 9.17) is 0 Å². The molecule has 2 fully saturated rings. The molecule has 3 aliphatic carbocycles. The highest BCUT2D eigenvalue weighted by atomic mass is 28.2. The van der Waals surface area contributed by atoms with Crippen LogP contribution in [0.1, 0.15) is 57.8 Å². The van der Waals surface area contributed by atoms with Crippen molar-refractivity contribution in [2.45, 2.75) is 57.8 Å². The molecular formula is C16H30OSi. The van der Waals surface area contributed by atoms with Crippen molar-refractivity contribution < 1.29 is 4.43 Å². The van der Waals surface area contributed by atoms with Gasteiger partial charge in [-0.15, -0.1) is 0 Å². The molecular weight excluding hydrogens is 236 g/mol. The lowest BCUT2D eigenvalue weighted by molar-refractivity contribution is 0.347. The molecule has 0 saturated heterocycles. The van der Waals surface area contributed by atoms with Crippen LogP contribution < -0.4 is 0 Å². The molecule has 0 heterocycles. The van der Waals surface area contributed by atoms with Gasteiger partial charge in [-0.2, -0.15) is 0 Å². The van der Waals surface area contributed by atoms with Crippen molar-refractivity contribution in [3.8, 4) is 0 Å². The molecule has 2 heteroatoms. The van der Waals surface area contributed by atoms with Crippen LogP contribution in [0.25, 0.3) is 0 Å². The third-order valence-electron chi connectivity index (χ3n) is 4.12. The third kappa shape index (κ3) is 6.55. The Balaban J connectivity index is 0.000000170. The molecule has 0 N–H and O–H groups in total. The van der Waals surface area contributed by atoms with Gasteiger partial charge in [-0.25, -0.2) is 0 Å². The van der Waals surface area contributed by atoms with Crippen LogP contribution in [0.2, 0.25) is 0 Å². The van der Waals surface area contributed by atoms with Gasteiger partial charge in [-0.05, 0) is 18.3 Å². The summed E-state index contributed by atoms with van der Waals surface area (Å²) < 4.78 is 4.39.